The van der Waals surface area contributed by atoms with E-state index in [1.54, 1.807) is 19.0 Å². The van der Waals surface area contributed by atoms with Gasteiger partial charge in [-0.25, -0.2) is 4.99 Å². The van der Waals surface area contributed by atoms with Crippen LogP contribution in [0.25, 0.3) is 0 Å². The van der Waals surface area contributed by atoms with E-state index in [1.165, 1.54) is 24.5 Å². The highest BCUT2D eigenvalue weighted by atomic mass is 16.6. The fourth-order valence-electron chi connectivity index (χ4n) is 1.02. The monoisotopic (exact) mass is 218 g/mol. The Labute approximate surface area is 92.6 Å². The Balaban J connectivity index is 3.13. The number of aliphatic imine (C=N–C) groups is 1. The number of hydrogen-bond acceptors (Lipinski definition) is 4. The molecule has 0 amide bonds. The zero-order valence-corrected chi connectivity index (χ0v) is 8.91. The Morgan fingerprint density at radius 1 is 1.56 bits per heavy atom. The van der Waals surface area contributed by atoms with Crippen molar-refractivity contribution in [2.75, 3.05) is 14.1 Å². The Kier molecular flexibility index (Phi) is 3.56. The number of nitro groups is 1. The molecule has 0 N–H and O–H groups in total. The third kappa shape index (κ3) is 2.78. The summed E-state index contributed by atoms with van der Waals surface area (Å²) in [5, 5.41) is 19.3. The molecule has 0 saturated carbocycles. The smallest absolute Gasteiger partial charge is 0.270 e. The van der Waals surface area contributed by atoms with Gasteiger partial charge in [-0.3, -0.25) is 10.1 Å². The van der Waals surface area contributed by atoms with Gasteiger partial charge < -0.3 is 4.90 Å². The van der Waals surface area contributed by atoms with Gasteiger partial charge in [0.2, 0.25) is 0 Å². The molecule has 82 valence electrons. The number of rotatable bonds is 3. The minimum atomic E-state index is -0.541. The van der Waals surface area contributed by atoms with Gasteiger partial charge in [0, 0.05) is 26.2 Å². The first-order chi connectivity index (χ1) is 7.54. The average Bonchev–Trinajstić information content (AvgIpc) is 2.25. The summed E-state index contributed by atoms with van der Waals surface area (Å²) in [6.07, 6.45) is 1.53. The molecule has 0 aliphatic rings. The van der Waals surface area contributed by atoms with Crippen LogP contribution in [0.1, 0.15) is 5.56 Å². The van der Waals surface area contributed by atoms with Crippen molar-refractivity contribution in [3.8, 4) is 6.07 Å². The van der Waals surface area contributed by atoms with E-state index in [4.69, 9.17) is 5.26 Å². The van der Waals surface area contributed by atoms with Crippen LogP contribution in [0.15, 0.2) is 23.2 Å². The lowest BCUT2D eigenvalue weighted by Crippen LogP contribution is -2.07. The van der Waals surface area contributed by atoms with Crippen molar-refractivity contribution in [3.63, 3.8) is 0 Å². The largest absolute Gasteiger partial charge is 0.369 e. The molecule has 6 nitrogen and oxygen atoms in total. The summed E-state index contributed by atoms with van der Waals surface area (Å²) < 4.78 is 0. The van der Waals surface area contributed by atoms with E-state index in [0.717, 1.165) is 0 Å². The molecule has 0 aromatic heterocycles. The van der Waals surface area contributed by atoms with Crippen LogP contribution in [0.3, 0.4) is 0 Å². The van der Waals surface area contributed by atoms with Crippen LogP contribution in [0.4, 0.5) is 11.4 Å². The molecule has 0 heterocycles. The maximum absolute atomic E-state index is 10.5. The van der Waals surface area contributed by atoms with Gasteiger partial charge in [0.15, 0.2) is 0 Å². The standard InChI is InChI=1S/C10H10N4O2/c1-13(2)7-12-10-4-3-9(14(15)16)5-8(10)6-11/h3-5,7H,1-2H3/b12-7+. The lowest BCUT2D eigenvalue weighted by molar-refractivity contribution is -0.384. The van der Waals surface area contributed by atoms with Gasteiger partial charge in [-0.05, 0) is 6.07 Å². The fourth-order valence-corrected chi connectivity index (χ4v) is 1.02. The zero-order chi connectivity index (χ0) is 12.1. The average molecular weight is 218 g/mol. The molecular weight excluding hydrogens is 208 g/mol. The molecule has 1 rings (SSSR count). The quantitative estimate of drug-likeness (QED) is 0.334. The molecule has 0 atom stereocenters. The molecule has 0 unspecified atom stereocenters. The van der Waals surface area contributed by atoms with Crippen LogP contribution < -0.4 is 0 Å². The summed E-state index contributed by atoms with van der Waals surface area (Å²) in [4.78, 5) is 15.7. The van der Waals surface area contributed by atoms with Crippen molar-refractivity contribution in [3.05, 3.63) is 33.9 Å². The van der Waals surface area contributed by atoms with Gasteiger partial charge in [0.25, 0.3) is 5.69 Å². The highest BCUT2D eigenvalue weighted by molar-refractivity contribution is 5.66. The van der Waals surface area contributed by atoms with Crippen molar-refractivity contribution in [2.45, 2.75) is 0 Å². The predicted molar refractivity (Wildman–Crippen MR) is 59.7 cm³/mol. The first-order valence-corrected chi connectivity index (χ1v) is 4.43. The molecule has 0 fully saturated rings. The van der Waals surface area contributed by atoms with Crippen molar-refractivity contribution in [2.24, 2.45) is 4.99 Å². The van der Waals surface area contributed by atoms with Gasteiger partial charge in [-0.2, -0.15) is 5.26 Å². The van der Waals surface area contributed by atoms with Gasteiger partial charge in [-0.1, -0.05) is 0 Å². The molecule has 0 radical (unpaired) electrons. The summed E-state index contributed by atoms with van der Waals surface area (Å²) in [7, 11) is 3.59. The summed E-state index contributed by atoms with van der Waals surface area (Å²) in [5.41, 5.74) is 0.495. The van der Waals surface area contributed by atoms with Gasteiger partial charge in [0.05, 0.1) is 22.5 Å². The van der Waals surface area contributed by atoms with Gasteiger partial charge in [-0.15, -0.1) is 0 Å². The molecule has 0 aliphatic carbocycles. The lowest BCUT2D eigenvalue weighted by atomic mass is 10.2. The van der Waals surface area contributed by atoms with Crippen molar-refractivity contribution >= 4 is 17.7 Å². The third-order valence-electron chi connectivity index (χ3n) is 1.74. The fraction of sp³-hybridized carbons (Fsp3) is 0.200. The number of benzene rings is 1. The topological polar surface area (TPSA) is 82.5 Å². The lowest BCUT2D eigenvalue weighted by Gasteiger charge is -2.03. The SMILES string of the molecule is CN(C)/C=N/c1ccc([N+](=O)[O-])cc1C#N. The molecule has 0 spiro atoms. The van der Waals surface area contributed by atoms with E-state index >= 15 is 0 Å². The number of non-ortho nitro benzene ring substituents is 1. The zero-order valence-electron chi connectivity index (χ0n) is 8.91. The maximum Gasteiger partial charge on any atom is 0.270 e. The van der Waals surface area contributed by atoms with E-state index < -0.39 is 4.92 Å². The Hall–Kier alpha value is -2.42. The molecule has 0 saturated heterocycles. The molecule has 0 bridgehead atoms. The molecule has 16 heavy (non-hydrogen) atoms. The normalized spacial score (nSPS) is 10.1. The van der Waals surface area contributed by atoms with E-state index in [9.17, 15) is 10.1 Å². The molecule has 1 aromatic carbocycles. The highest BCUT2D eigenvalue weighted by Crippen LogP contribution is 2.23. The van der Waals surface area contributed by atoms with E-state index in [2.05, 4.69) is 4.99 Å². The molecule has 0 aliphatic heterocycles. The van der Waals surface area contributed by atoms with Gasteiger partial charge >= 0.3 is 0 Å². The number of nitro benzene ring substituents is 1. The van der Waals surface area contributed by atoms with Crippen molar-refractivity contribution < 1.29 is 4.92 Å². The van der Waals surface area contributed by atoms with Crippen LogP contribution in [-0.2, 0) is 0 Å². The van der Waals surface area contributed by atoms with Crippen LogP contribution in [0.5, 0.6) is 0 Å². The van der Waals surface area contributed by atoms with Crippen LogP contribution in [0.2, 0.25) is 0 Å². The summed E-state index contributed by atoms with van der Waals surface area (Å²) in [6, 6.07) is 5.87. The van der Waals surface area contributed by atoms with E-state index in [0.29, 0.717) is 5.69 Å². The van der Waals surface area contributed by atoms with Crippen LogP contribution in [-0.4, -0.2) is 30.3 Å². The molecule has 1 aromatic rings. The Bertz CT molecular complexity index is 474. The minimum absolute atomic E-state index is 0.111. The number of nitrogens with zero attached hydrogens (tertiary/aromatic N) is 4. The Morgan fingerprint density at radius 3 is 2.75 bits per heavy atom. The second-order valence-electron chi connectivity index (χ2n) is 3.28. The first-order valence-electron chi connectivity index (χ1n) is 4.43. The first kappa shape index (κ1) is 11.7. The summed E-state index contributed by atoms with van der Waals surface area (Å²) >= 11 is 0. The van der Waals surface area contributed by atoms with Crippen LogP contribution in [0, 0.1) is 21.4 Å². The van der Waals surface area contributed by atoms with Crippen molar-refractivity contribution in [1.29, 1.82) is 5.26 Å². The second kappa shape index (κ2) is 4.89. The molecular formula is C10H10N4O2. The second-order valence-corrected chi connectivity index (χ2v) is 3.28. The third-order valence-corrected chi connectivity index (χ3v) is 1.74. The minimum Gasteiger partial charge on any atom is -0.369 e. The van der Waals surface area contributed by atoms with Crippen LogP contribution >= 0.6 is 0 Å². The highest BCUT2D eigenvalue weighted by Gasteiger charge is 2.09. The van der Waals surface area contributed by atoms with E-state index in [-0.39, 0.29) is 11.3 Å². The summed E-state index contributed by atoms with van der Waals surface area (Å²) in [5.74, 6) is 0. The van der Waals surface area contributed by atoms with Gasteiger partial charge in [0.1, 0.15) is 6.07 Å². The number of hydrogen-bond donors (Lipinski definition) is 0. The maximum atomic E-state index is 10.5. The number of nitriles is 1. The molecule has 6 heteroatoms. The Morgan fingerprint density at radius 2 is 2.25 bits per heavy atom. The summed E-state index contributed by atoms with van der Waals surface area (Å²) in [6.45, 7) is 0. The van der Waals surface area contributed by atoms with E-state index in [1.807, 2.05) is 6.07 Å². The predicted octanol–water partition coefficient (Wildman–Crippen LogP) is 1.69. The van der Waals surface area contributed by atoms with Crippen molar-refractivity contribution in [1.82, 2.24) is 4.90 Å².